The lowest BCUT2D eigenvalue weighted by Gasteiger charge is -2.07. The third-order valence-electron chi connectivity index (χ3n) is 3.94. The van der Waals surface area contributed by atoms with Gasteiger partial charge in [0.15, 0.2) is 0 Å². The van der Waals surface area contributed by atoms with Crippen LogP contribution in [0.4, 0.5) is 5.69 Å². The van der Waals surface area contributed by atoms with Gasteiger partial charge < -0.3 is 9.72 Å². The summed E-state index contributed by atoms with van der Waals surface area (Å²) in [5.74, 6) is 0.675. The van der Waals surface area contributed by atoms with E-state index >= 15 is 0 Å². The minimum Gasteiger partial charge on any atom is -0.489 e. The van der Waals surface area contributed by atoms with E-state index in [9.17, 15) is 19.7 Å². The van der Waals surface area contributed by atoms with E-state index in [0.717, 1.165) is 16.7 Å². The Hall–Kier alpha value is -3.94. The van der Waals surface area contributed by atoms with Gasteiger partial charge in [-0.05, 0) is 36.3 Å². The first kappa shape index (κ1) is 18.8. The largest absolute Gasteiger partial charge is 0.489 e. The Morgan fingerprint density at radius 2 is 1.82 bits per heavy atom. The van der Waals surface area contributed by atoms with Crippen LogP contribution in [0.2, 0.25) is 0 Å². The Morgan fingerprint density at radius 1 is 1.07 bits per heavy atom. The van der Waals surface area contributed by atoms with Crippen molar-refractivity contribution in [2.75, 3.05) is 0 Å². The molecule has 0 saturated carbocycles. The molecular formula is C20H17N3O5. The molecule has 142 valence electrons. The molecule has 0 spiro atoms. The monoisotopic (exact) mass is 379 g/mol. The maximum atomic E-state index is 11.6. The minimum absolute atomic E-state index is 0.168. The van der Waals surface area contributed by atoms with Gasteiger partial charge in [0.1, 0.15) is 18.1 Å². The number of rotatable bonds is 6. The summed E-state index contributed by atoms with van der Waals surface area (Å²) in [5, 5.41) is 11.0. The maximum Gasteiger partial charge on any atom is 0.357 e. The number of aromatic nitrogens is 2. The number of aryl methyl sites for hydroxylation is 1. The maximum absolute atomic E-state index is 11.6. The molecule has 0 saturated heterocycles. The van der Waals surface area contributed by atoms with Crippen LogP contribution >= 0.6 is 0 Å². The number of benzene rings is 2. The average molecular weight is 379 g/mol. The van der Waals surface area contributed by atoms with Crippen LogP contribution in [0.3, 0.4) is 0 Å². The number of hydrogen-bond donors (Lipinski definition) is 2. The molecule has 2 N–H and O–H groups in total. The van der Waals surface area contributed by atoms with Crippen molar-refractivity contribution in [2.24, 2.45) is 0 Å². The molecule has 3 rings (SSSR count). The molecule has 0 amide bonds. The Bertz CT molecular complexity index is 1140. The molecule has 1 aromatic heterocycles. The molecule has 2 aromatic carbocycles. The normalized spacial score (nSPS) is 10.9. The van der Waals surface area contributed by atoms with E-state index in [2.05, 4.69) is 4.98 Å². The zero-order valence-electron chi connectivity index (χ0n) is 15.0. The summed E-state index contributed by atoms with van der Waals surface area (Å²) in [6.07, 6.45) is 2.87. The van der Waals surface area contributed by atoms with Crippen molar-refractivity contribution in [3.63, 3.8) is 0 Å². The molecule has 0 bridgehead atoms. The molecule has 8 nitrogen and oxygen atoms in total. The van der Waals surface area contributed by atoms with E-state index in [1.165, 1.54) is 6.08 Å². The summed E-state index contributed by atoms with van der Waals surface area (Å²) >= 11 is 0. The molecule has 28 heavy (non-hydrogen) atoms. The van der Waals surface area contributed by atoms with Gasteiger partial charge in [-0.1, -0.05) is 48.0 Å². The number of aromatic amines is 2. The molecule has 8 heteroatoms. The third-order valence-corrected chi connectivity index (χ3v) is 3.94. The molecule has 0 atom stereocenters. The zero-order chi connectivity index (χ0) is 20.1. The van der Waals surface area contributed by atoms with Crippen LogP contribution < -0.4 is 16.0 Å². The number of nitrogens with zero attached hydrogens (tertiary/aromatic N) is 1. The molecule has 0 unspecified atom stereocenters. The van der Waals surface area contributed by atoms with Crippen molar-refractivity contribution in [1.82, 2.24) is 9.97 Å². The summed E-state index contributed by atoms with van der Waals surface area (Å²) in [6.45, 7) is 2.46. The van der Waals surface area contributed by atoms with Gasteiger partial charge in [-0.25, -0.2) is 4.79 Å². The summed E-state index contributed by atoms with van der Waals surface area (Å²) < 4.78 is 5.74. The van der Waals surface area contributed by atoms with Crippen LogP contribution in [-0.4, -0.2) is 14.9 Å². The number of nitro groups is 1. The summed E-state index contributed by atoms with van der Waals surface area (Å²) in [4.78, 5) is 37.3. The lowest BCUT2D eigenvalue weighted by Crippen LogP contribution is -2.25. The fraction of sp³-hybridized carbons (Fsp3) is 0.100. The highest BCUT2D eigenvalue weighted by molar-refractivity contribution is 5.71. The van der Waals surface area contributed by atoms with Gasteiger partial charge in [0.05, 0.1) is 4.92 Å². The fourth-order valence-electron chi connectivity index (χ4n) is 2.62. The van der Waals surface area contributed by atoms with Crippen molar-refractivity contribution < 1.29 is 9.66 Å². The SMILES string of the molecule is Cc1cccc(COc2ccc(/C=C\c3[nH]c(=O)[nH]c(=O)c3[N+](=O)[O-])cc2)c1. The lowest BCUT2D eigenvalue weighted by atomic mass is 10.1. The second-order valence-corrected chi connectivity index (χ2v) is 6.11. The van der Waals surface area contributed by atoms with Crippen molar-refractivity contribution in [1.29, 1.82) is 0 Å². The zero-order valence-corrected chi connectivity index (χ0v) is 15.0. The standard InChI is InChI=1S/C20H17N3O5/c1-13-3-2-4-15(11-13)12-28-16-8-5-14(6-9-16)7-10-17-18(23(26)27)19(24)22-20(25)21-17/h2-11H,12H2,1H3,(H2,21,22,24,25)/b10-7-. The number of hydrogen-bond acceptors (Lipinski definition) is 5. The van der Waals surface area contributed by atoms with Crippen LogP contribution in [0.5, 0.6) is 5.75 Å². The molecule has 0 aliphatic carbocycles. The van der Waals surface area contributed by atoms with Crippen molar-refractivity contribution in [3.05, 3.63) is 102 Å². The van der Waals surface area contributed by atoms with Crippen LogP contribution in [-0.2, 0) is 6.61 Å². The predicted molar refractivity (Wildman–Crippen MR) is 105 cm³/mol. The first-order valence-corrected chi connectivity index (χ1v) is 8.40. The van der Waals surface area contributed by atoms with Gasteiger partial charge in [-0.3, -0.25) is 19.9 Å². The van der Waals surface area contributed by atoms with Gasteiger partial charge in [0.2, 0.25) is 0 Å². The van der Waals surface area contributed by atoms with E-state index in [1.54, 1.807) is 30.3 Å². The Balaban J connectivity index is 1.73. The predicted octanol–water partition coefficient (Wildman–Crippen LogP) is 3.03. The lowest BCUT2D eigenvalue weighted by molar-refractivity contribution is -0.386. The first-order valence-electron chi connectivity index (χ1n) is 8.40. The van der Waals surface area contributed by atoms with E-state index in [0.29, 0.717) is 12.4 Å². The Morgan fingerprint density at radius 3 is 2.50 bits per heavy atom. The molecule has 3 aromatic rings. The van der Waals surface area contributed by atoms with Crippen LogP contribution in [0, 0.1) is 17.0 Å². The summed E-state index contributed by atoms with van der Waals surface area (Å²) in [7, 11) is 0. The van der Waals surface area contributed by atoms with Crippen molar-refractivity contribution in [2.45, 2.75) is 13.5 Å². The van der Waals surface area contributed by atoms with Crippen molar-refractivity contribution >= 4 is 17.8 Å². The Kier molecular flexibility index (Phi) is 5.50. The van der Waals surface area contributed by atoms with Crippen LogP contribution in [0.25, 0.3) is 12.2 Å². The highest BCUT2D eigenvalue weighted by Gasteiger charge is 2.18. The van der Waals surface area contributed by atoms with Crippen LogP contribution in [0.1, 0.15) is 22.4 Å². The number of nitrogens with one attached hydrogen (secondary N) is 2. The molecule has 0 aliphatic rings. The highest BCUT2D eigenvalue weighted by atomic mass is 16.6. The second kappa shape index (κ2) is 8.17. The molecule has 0 aliphatic heterocycles. The molecule has 0 fully saturated rings. The van der Waals surface area contributed by atoms with Gasteiger partial charge in [0.25, 0.3) is 0 Å². The summed E-state index contributed by atoms with van der Waals surface area (Å²) in [6, 6.07) is 15.1. The van der Waals surface area contributed by atoms with Gasteiger partial charge in [-0.15, -0.1) is 0 Å². The number of H-pyrrole nitrogens is 2. The quantitative estimate of drug-likeness (QED) is 0.504. The Labute approximate surface area is 159 Å². The molecule has 1 heterocycles. The second-order valence-electron chi connectivity index (χ2n) is 6.11. The molecular weight excluding hydrogens is 362 g/mol. The highest BCUT2D eigenvalue weighted by Crippen LogP contribution is 2.17. The molecule has 0 radical (unpaired) electrons. The van der Waals surface area contributed by atoms with Crippen molar-refractivity contribution in [3.8, 4) is 5.75 Å². The third kappa shape index (κ3) is 4.61. The van der Waals surface area contributed by atoms with Gasteiger partial charge in [-0.2, -0.15) is 0 Å². The number of ether oxygens (including phenoxy) is 1. The fourth-order valence-corrected chi connectivity index (χ4v) is 2.62. The summed E-state index contributed by atoms with van der Waals surface area (Å²) in [5.41, 5.74) is 0.206. The van der Waals surface area contributed by atoms with E-state index in [4.69, 9.17) is 4.74 Å². The van der Waals surface area contributed by atoms with Gasteiger partial charge in [0, 0.05) is 0 Å². The van der Waals surface area contributed by atoms with E-state index in [-0.39, 0.29) is 5.69 Å². The first-order chi connectivity index (χ1) is 13.4. The smallest absolute Gasteiger partial charge is 0.357 e. The van der Waals surface area contributed by atoms with E-state index < -0.39 is 21.9 Å². The minimum atomic E-state index is -1.05. The van der Waals surface area contributed by atoms with Gasteiger partial charge >= 0.3 is 16.9 Å². The van der Waals surface area contributed by atoms with Crippen LogP contribution in [0.15, 0.2) is 58.1 Å². The topological polar surface area (TPSA) is 118 Å². The average Bonchev–Trinajstić information content (AvgIpc) is 2.64. The van der Waals surface area contributed by atoms with E-state index in [1.807, 2.05) is 36.2 Å².